The summed E-state index contributed by atoms with van der Waals surface area (Å²) in [7, 11) is -3.85. The van der Waals surface area contributed by atoms with Gasteiger partial charge in [0.2, 0.25) is 0 Å². The molecule has 0 amide bonds. The first kappa shape index (κ1) is 20.6. The van der Waals surface area contributed by atoms with Crippen LogP contribution in [0.5, 0.6) is 0 Å². The number of hydrogen-bond acceptors (Lipinski definition) is 3. The van der Waals surface area contributed by atoms with E-state index in [1.54, 1.807) is 42.5 Å². The third kappa shape index (κ3) is 4.46. The van der Waals surface area contributed by atoms with Crippen molar-refractivity contribution in [1.82, 2.24) is 0 Å². The predicted octanol–water partition coefficient (Wildman–Crippen LogP) is 6.09. The molecule has 0 radical (unpaired) electrons. The second-order valence-electron chi connectivity index (χ2n) is 6.51. The van der Waals surface area contributed by atoms with Gasteiger partial charge in [-0.05, 0) is 36.8 Å². The molecule has 0 aliphatic heterocycles. The van der Waals surface area contributed by atoms with E-state index in [0.29, 0.717) is 16.1 Å². The second kappa shape index (κ2) is 8.48. The van der Waals surface area contributed by atoms with Crippen LogP contribution in [0, 0.1) is 6.92 Å². The minimum absolute atomic E-state index is 0.141. The first-order chi connectivity index (χ1) is 13.3. The van der Waals surface area contributed by atoms with E-state index in [1.165, 1.54) is 18.2 Å². The lowest BCUT2D eigenvalue weighted by molar-refractivity contribution is 0.0981. The number of rotatable bonds is 6. The second-order valence-corrected chi connectivity index (χ2v) is 9.48. The van der Waals surface area contributed by atoms with Crippen molar-refractivity contribution < 1.29 is 13.2 Å². The molecule has 28 heavy (non-hydrogen) atoms. The molecule has 0 saturated carbocycles. The summed E-state index contributed by atoms with van der Waals surface area (Å²) in [6, 6.07) is 19.7. The van der Waals surface area contributed by atoms with Gasteiger partial charge in [0.25, 0.3) is 0 Å². The molecule has 0 aliphatic rings. The maximum atomic E-state index is 13.3. The molecule has 0 heterocycles. The van der Waals surface area contributed by atoms with Crippen molar-refractivity contribution in [1.29, 1.82) is 0 Å². The molecular weight excluding hydrogens is 415 g/mol. The van der Waals surface area contributed by atoms with Crippen LogP contribution in [0.15, 0.2) is 77.7 Å². The van der Waals surface area contributed by atoms with E-state index in [-0.39, 0.29) is 22.1 Å². The number of benzene rings is 3. The maximum Gasteiger partial charge on any atom is 0.185 e. The summed E-state index contributed by atoms with van der Waals surface area (Å²) >= 11 is 12.3. The standard InChI is InChI=1S/C22H18Cl2O3S/c1-15-7-9-16(10-8-15)21(25)14-22(19-12-11-17(23)13-20(19)24)28(26,27)18-5-3-2-4-6-18/h2-13,22H,14H2,1H3. The molecule has 0 bridgehead atoms. The van der Waals surface area contributed by atoms with Gasteiger partial charge in [-0.15, -0.1) is 0 Å². The van der Waals surface area contributed by atoms with Crippen molar-refractivity contribution in [2.75, 3.05) is 0 Å². The zero-order chi connectivity index (χ0) is 20.3. The third-order valence-corrected chi connectivity index (χ3v) is 7.16. The number of Topliss-reactive ketones (excluding diaryl/α,β-unsaturated/α-hetero) is 1. The molecule has 0 N–H and O–H groups in total. The Morgan fingerprint density at radius 2 is 1.57 bits per heavy atom. The Morgan fingerprint density at radius 1 is 0.929 bits per heavy atom. The summed E-state index contributed by atoms with van der Waals surface area (Å²) < 4.78 is 26.7. The van der Waals surface area contributed by atoms with E-state index in [0.717, 1.165) is 5.56 Å². The Balaban J connectivity index is 2.06. The molecule has 6 heteroatoms. The summed E-state index contributed by atoms with van der Waals surface area (Å²) in [5, 5.41) is -0.503. The largest absolute Gasteiger partial charge is 0.294 e. The number of carbonyl (C=O) groups excluding carboxylic acids is 1. The highest BCUT2D eigenvalue weighted by Gasteiger charge is 2.33. The number of carbonyl (C=O) groups is 1. The number of aryl methyl sites for hydroxylation is 1. The van der Waals surface area contributed by atoms with E-state index in [4.69, 9.17) is 23.2 Å². The minimum Gasteiger partial charge on any atom is -0.294 e. The van der Waals surface area contributed by atoms with Gasteiger partial charge in [0, 0.05) is 22.0 Å². The molecule has 0 aromatic heterocycles. The summed E-state index contributed by atoms with van der Waals surface area (Å²) in [5.41, 5.74) is 1.84. The van der Waals surface area contributed by atoms with Crippen LogP contribution in [0.1, 0.15) is 33.2 Å². The lowest BCUT2D eigenvalue weighted by Gasteiger charge is -2.19. The van der Waals surface area contributed by atoms with Crippen molar-refractivity contribution >= 4 is 38.8 Å². The van der Waals surface area contributed by atoms with Crippen LogP contribution in [0.2, 0.25) is 10.0 Å². The van der Waals surface area contributed by atoms with Crippen molar-refractivity contribution in [3.05, 3.63) is 99.5 Å². The highest BCUT2D eigenvalue weighted by Crippen LogP contribution is 2.37. The van der Waals surface area contributed by atoms with Gasteiger partial charge in [0.05, 0.1) is 10.1 Å². The van der Waals surface area contributed by atoms with Gasteiger partial charge in [-0.25, -0.2) is 8.42 Å². The van der Waals surface area contributed by atoms with Crippen molar-refractivity contribution in [2.24, 2.45) is 0 Å². The highest BCUT2D eigenvalue weighted by molar-refractivity contribution is 7.91. The number of sulfone groups is 1. The van der Waals surface area contributed by atoms with Crippen LogP contribution in [-0.2, 0) is 9.84 Å². The van der Waals surface area contributed by atoms with Gasteiger partial charge >= 0.3 is 0 Å². The van der Waals surface area contributed by atoms with Gasteiger partial charge < -0.3 is 0 Å². The van der Waals surface area contributed by atoms with Gasteiger partial charge in [0.15, 0.2) is 15.6 Å². The van der Waals surface area contributed by atoms with Crippen molar-refractivity contribution in [2.45, 2.75) is 23.5 Å². The SMILES string of the molecule is Cc1ccc(C(=O)CC(c2ccc(Cl)cc2Cl)S(=O)(=O)c2ccccc2)cc1. The minimum atomic E-state index is -3.85. The average molecular weight is 433 g/mol. The Kier molecular flexibility index (Phi) is 6.23. The molecule has 0 saturated heterocycles. The fourth-order valence-electron chi connectivity index (χ4n) is 2.95. The summed E-state index contributed by atoms with van der Waals surface area (Å²) in [6.45, 7) is 1.92. The summed E-state index contributed by atoms with van der Waals surface area (Å²) in [5.74, 6) is -0.268. The van der Waals surface area contributed by atoms with Crippen LogP contribution >= 0.6 is 23.2 Å². The Morgan fingerprint density at radius 3 is 2.18 bits per heavy atom. The lowest BCUT2D eigenvalue weighted by Crippen LogP contribution is -2.18. The Hall–Kier alpha value is -2.14. The zero-order valence-corrected chi connectivity index (χ0v) is 17.4. The molecule has 3 aromatic carbocycles. The molecule has 0 spiro atoms. The van der Waals surface area contributed by atoms with Crippen LogP contribution in [-0.4, -0.2) is 14.2 Å². The molecule has 3 rings (SSSR count). The van der Waals surface area contributed by atoms with Crippen LogP contribution in [0.4, 0.5) is 0 Å². The van der Waals surface area contributed by atoms with E-state index in [2.05, 4.69) is 0 Å². The Bertz CT molecular complexity index is 1090. The average Bonchev–Trinajstić information content (AvgIpc) is 2.67. The molecule has 3 aromatic rings. The first-order valence-corrected chi connectivity index (χ1v) is 10.9. The van der Waals surface area contributed by atoms with Crippen molar-refractivity contribution in [3.8, 4) is 0 Å². The van der Waals surface area contributed by atoms with E-state index in [9.17, 15) is 13.2 Å². The summed E-state index contributed by atoms with van der Waals surface area (Å²) in [6.07, 6.45) is -0.221. The molecule has 0 fully saturated rings. The predicted molar refractivity (Wildman–Crippen MR) is 113 cm³/mol. The lowest BCUT2D eigenvalue weighted by atomic mass is 10.0. The fraction of sp³-hybridized carbons (Fsp3) is 0.136. The quantitative estimate of drug-likeness (QED) is 0.442. The van der Waals surface area contributed by atoms with E-state index < -0.39 is 15.1 Å². The first-order valence-electron chi connectivity index (χ1n) is 8.63. The molecule has 1 atom stereocenters. The third-order valence-electron chi connectivity index (χ3n) is 4.50. The molecule has 3 nitrogen and oxygen atoms in total. The van der Waals surface area contributed by atoms with Crippen LogP contribution < -0.4 is 0 Å². The molecule has 144 valence electrons. The van der Waals surface area contributed by atoms with Crippen molar-refractivity contribution in [3.63, 3.8) is 0 Å². The van der Waals surface area contributed by atoms with Crippen LogP contribution in [0.3, 0.4) is 0 Å². The molecular formula is C22H18Cl2O3S. The number of halogens is 2. The molecule has 0 aliphatic carbocycles. The van der Waals surface area contributed by atoms with Gasteiger partial charge in [-0.3, -0.25) is 4.79 Å². The summed E-state index contributed by atoms with van der Waals surface area (Å²) in [4.78, 5) is 13.0. The van der Waals surface area contributed by atoms with Gasteiger partial charge in [-0.2, -0.15) is 0 Å². The maximum absolute atomic E-state index is 13.3. The van der Waals surface area contributed by atoms with Crippen LogP contribution in [0.25, 0.3) is 0 Å². The van der Waals surface area contributed by atoms with Gasteiger partial charge in [0.1, 0.15) is 0 Å². The normalized spacial score (nSPS) is 12.5. The monoisotopic (exact) mass is 432 g/mol. The number of hydrogen-bond donors (Lipinski definition) is 0. The zero-order valence-electron chi connectivity index (χ0n) is 15.1. The fourth-order valence-corrected chi connectivity index (χ4v) is 5.33. The Labute approximate surface area is 174 Å². The van der Waals surface area contributed by atoms with E-state index >= 15 is 0 Å². The molecule has 1 unspecified atom stereocenters. The smallest absolute Gasteiger partial charge is 0.185 e. The van der Waals surface area contributed by atoms with E-state index in [1.807, 2.05) is 19.1 Å². The van der Waals surface area contributed by atoms with Gasteiger partial charge in [-0.1, -0.05) is 77.3 Å². The number of ketones is 1. The topological polar surface area (TPSA) is 51.2 Å². The highest BCUT2D eigenvalue weighted by atomic mass is 35.5.